The monoisotopic (exact) mass is 963 g/mol. The van der Waals surface area contributed by atoms with Crippen molar-refractivity contribution >= 4 is 21.8 Å². The largest absolute Gasteiger partial charge is 0.510 e. The number of benzene rings is 6. The quantitative estimate of drug-likeness (QED) is 0.107. The van der Waals surface area contributed by atoms with E-state index in [0.29, 0.717) is 11.5 Å². The number of hydrogen-bond donors (Lipinski definition) is 0. The summed E-state index contributed by atoms with van der Waals surface area (Å²) in [5.41, 5.74) is 9.59. The standard InChI is InChI=1S/C54H48N4O.Pt/c1-52(2,3)40-29-30-55-50(34-40)58-48-26-16-25-47(54(6,7)39-19-12-9-13-20-39)51(48)46-28-27-45(36-49(46)58)59-44-24-15-23-43(35-44)57-32-31-56(37-57)42-22-14-21-41(33-42)53(4,5)38-17-10-8-11-18-38;/h8-34H,1-7H3;/q-2;. The van der Waals surface area contributed by atoms with E-state index in [9.17, 15) is 0 Å². The smallest absolute Gasteiger partial charge is 0.267 e. The summed E-state index contributed by atoms with van der Waals surface area (Å²) < 4.78 is 12.8. The van der Waals surface area contributed by atoms with Crippen LogP contribution < -0.4 is 9.30 Å². The molecule has 5 nitrogen and oxygen atoms in total. The molecule has 0 fully saturated rings. The molecule has 0 unspecified atom stereocenters. The summed E-state index contributed by atoms with van der Waals surface area (Å²) in [6.45, 7) is 15.8. The second kappa shape index (κ2) is 15.9. The molecule has 6 aromatic carbocycles. The topological polar surface area (TPSA) is 35.9 Å². The van der Waals surface area contributed by atoms with Gasteiger partial charge in [0.25, 0.3) is 6.33 Å². The normalized spacial score (nSPS) is 12.1. The van der Waals surface area contributed by atoms with Crippen LogP contribution in [0.5, 0.6) is 11.5 Å². The summed E-state index contributed by atoms with van der Waals surface area (Å²) in [6.07, 6.45) is 9.42. The summed E-state index contributed by atoms with van der Waals surface area (Å²) in [5, 5.41) is 2.27. The number of imidazole rings is 1. The van der Waals surface area contributed by atoms with Crippen LogP contribution in [-0.2, 0) is 37.3 Å². The van der Waals surface area contributed by atoms with Crippen LogP contribution in [0.2, 0.25) is 0 Å². The number of hydrogen-bond acceptors (Lipinski definition) is 2. The molecule has 3 heterocycles. The molecule has 0 amide bonds. The number of fused-ring (bicyclic) bond motifs is 3. The fourth-order valence-electron chi connectivity index (χ4n) is 8.22. The molecule has 0 aliphatic rings. The fourth-order valence-corrected chi connectivity index (χ4v) is 8.22. The summed E-state index contributed by atoms with van der Waals surface area (Å²) in [4.78, 5) is 4.95. The Bertz CT molecular complexity index is 2950. The van der Waals surface area contributed by atoms with E-state index in [0.717, 1.165) is 33.6 Å². The van der Waals surface area contributed by atoms with Gasteiger partial charge in [-0.15, -0.1) is 29.7 Å². The molecule has 60 heavy (non-hydrogen) atoms. The van der Waals surface area contributed by atoms with Gasteiger partial charge in [-0.2, -0.15) is 18.2 Å². The average Bonchev–Trinajstić information content (AvgIpc) is 3.88. The van der Waals surface area contributed by atoms with Crippen LogP contribution >= 0.6 is 0 Å². The molecule has 6 heteroatoms. The summed E-state index contributed by atoms with van der Waals surface area (Å²) in [5.74, 6) is 2.02. The van der Waals surface area contributed by atoms with E-state index >= 15 is 0 Å². The Morgan fingerprint density at radius 2 is 1.27 bits per heavy atom. The van der Waals surface area contributed by atoms with Crippen molar-refractivity contribution in [3.8, 4) is 28.7 Å². The first-order valence-electron chi connectivity index (χ1n) is 20.3. The van der Waals surface area contributed by atoms with Crippen LogP contribution in [0.4, 0.5) is 0 Å². The summed E-state index contributed by atoms with van der Waals surface area (Å²) >= 11 is 0. The molecule has 9 rings (SSSR count). The third-order valence-corrected chi connectivity index (χ3v) is 11.8. The molecular weight excluding hydrogens is 916 g/mol. The number of ether oxygens (including phenoxy) is 1. The first-order chi connectivity index (χ1) is 28.4. The molecule has 0 radical (unpaired) electrons. The number of aromatic nitrogens is 4. The molecule has 0 saturated heterocycles. The van der Waals surface area contributed by atoms with Crippen LogP contribution in [-0.4, -0.2) is 14.1 Å². The Balaban J connectivity index is 0.00000499. The van der Waals surface area contributed by atoms with Gasteiger partial charge in [-0.3, -0.25) is 4.57 Å². The molecule has 0 N–H and O–H groups in total. The first kappa shape index (κ1) is 40.7. The molecule has 9 aromatic rings. The Morgan fingerprint density at radius 3 is 2.00 bits per heavy atom. The van der Waals surface area contributed by atoms with E-state index in [-0.39, 0.29) is 37.3 Å². The minimum Gasteiger partial charge on any atom is -0.510 e. The van der Waals surface area contributed by atoms with Gasteiger partial charge >= 0.3 is 0 Å². The molecule has 0 spiro atoms. The summed E-state index contributed by atoms with van der Waals surface area (Å²) in [7, 11) is 0. The molecule has 0 bridgehead atoms. The van der Waals surface area contributed by atoms with E-state index in [2.05, 4.69) is 193 Å². The second-order valence-electron chi connectivity index (χ2n) is 17.4. The fraction of sp³-hybridized carbons (Fsp3) is 0.185. The van der Waals surface area contributed by atoms with Gasteiger partial charge in [-0.1, -0.05) is 139 Å². The van der Waals surface area contributed by atoms with Crippen LogP contribution in [0.1, 0.15) is 76.3 Å². The molecule has 0 atom stereocenters. The third kappa shape index (κ3) is 7.52. The van der Waals surface area contributed by atoms with Gasteiger partial charge in [0, 0.05) is 67.5 Å². The van der Waals surface area contributed by atoms with Crippen molar-refractivity contribution in [1.29, 1.82) is 0 Å². The number of rotatable bonds is 9. The van der Waals surface area contributed by atoms with Crippen molar-refractivity contribution in [3.63, 3.8) is 0 Å². The Hall–Kier alpha value is -6.03. The summed E-state index contributed by atoms with van der Waals surface area (Å²) in [6, 6.07) is 58.2. The maximum atomic E-state index is 6.59. The average molecular weight is 964 g/mol. The van der Waals surface area contributed by atoms with Gasteiger partial charge in [0.15, 0.2) is 0 Å². The number of pyridine rings is 1. The van der Waals surface area contributed by atoms with Crippen molar-refractivity contribution in [2.45, 2.75) is 64.7 Å². The third-order valence-electron chi connectivity index (χ3n) is 11.8. The van der Waals surface area contributed by atoms with E-state index < -0.39 is 0 Å². The van der Waals surface area contributed by atoms with Gasteiger partial charge in [0.05, 0.1) is 5.69 Å². The van der Waals surface area contributed by atoms with Crippen molar-refractivity contribution < 1.29 is 30.4 Å². The van der Waals surface area contributed by atoms with Crippen molar-refractivity contribution in [3.05, 3.63) is 210 Å². The SMILES string of the molecule is CC(C)(C)c1ccnc(-n2c3[c-]c(Oc4[c-]c(-n5[c-][n+](-c6cccc(C(C)(C)c7ccccc7)c6)cc5)ccc4)ccc3c3c(C(C)(C)c4ccccc4)cccc32)c1.[Pt]. The zero-order valence-corrected chi connectivity index (χ0v) is 37.4. The van der Waals surface area contributed by atoms with E-state index in [1.165, 1.54) is 33.2 Å². The minimum absolute atomic E-state index is 0. The zero-order chi connectivity index (χ0) is 40.9. The Labute approximate surface area is 368 Å². The van der Waals surface area contributed by atoms with Gasteiger partial charge in [0.1, 0.15) is 5.82 Å². The van der Waals surface area contributed by atoms with Crippen molar-refractivity contribution in [2.75, 3.05) is 0 Å². The van der Waals surface area contributed by atoms with E-state index in [4.69, 9.17) is 9.72 Å². The van der Waals surface area contributed by atoms with Crippen LogP contribution in [0, 0.1) is 18.5 Å². The maximum absolute atomic E-state index is 6.59. The second-order valence-corrected chi connectivity index (χ2v) is 17.4. The van der Waals surface area contributed by atoms with Crippen LogP contribution in [0.25, 0.3) is 39.0 Å². The van der Waals surface area contributed by atoms with E-state index in [1.54, 1.807) is 0 Å². The molecule has 0 aliphatic carbocycles. The van der Waals surface area contributed by atoms with Gasteiger partial charge in [-0.25, -0.2) is 4.98 Å². The predicted molar refractivity (Wildman–Crippen MR) is 238 cm³/mol. The Kier molecular flexibility index (Phi) is 10.8. The minimum atomic E-state index is -0.264. The first-order valence-corrected chi connectivity index (χ1v) is 20.3. The predicted octanol–water partition coefficient (Wildman–Crippen LogP) is 12.4. The maximum Gasteiger partial charge on any atom is 0.267 e. The van der Waals surface area contributed by atoms with Crippen LogP contribution in [0.15, 0.2) is 164 Å². The number of nitrogens with zero attached hydrogens (tertiary/aromatic N) is 4. The Morgan fingerprint density at radius 1 is 0.600 bits per heavy atom. The molecular formula is C54H48N4OPt-2. The zero-order valence-electron chi connectivity index (χ0n) is 35.1. The van der Waals surface area contributed by atoms with Crippen molar-refractivity contribution in [1.82, 2.24) is 14.1 Å². The van der Waals surface area contributed by atoms with Gasteiger partial charge < -0.3 is 13.9 Å². The van der Waals surface area contributed by atoms with Crippen molar-refractivity contribution in [2.24, 2.45) is 0 Å². The molecule has 3 aromatic heterocycles. The van der Waals surface area contributed by atoms with Gasteiger partial charge in [-0.05, 0) is 74.6 Å². The molecule has 302 valence electrons. The molecule has 0 aliphatic heterocycles. The van der Waals surface area contributed by atoms with Crippen LogP contribution in [0.3, 0.4) is 0 Å². The molecule has 0 saturated carbocycles. The van der Waals surface area contributed by atoms with E-state index in [1.807, 2.05) is 52.0 Å². The van der Waals surface area contributed by atoms with Gasteiger partial charge in [0.2, 0.25) is 0 Å².